The first-order valence-electron chi connectivity index (χ1n) is 35.9. The molecule has 0 saturated carbocycles. The molecule has 2 aromatic carbocycles. The molecule has 0 unspecified atom stereocenters. The molecule has 1 fully saturated rings. The number of aliphatic hydroxyl groups excluding tert-OH is 2. The van der Waals surface area contributed by atoms with Gasteiger partial charge in [-0.25, -0.2) is 19.3 Å². The first-order valence-corrected chi connectivity index (χ1v) is 38.9. The molecule has 0 radical (unpaired) electrons. The summed E-state index contributed by atoms with van der Waals surface area (Å²) in [5, 5.41) is 88.0. The second-order valence-electron chi connectivity index (χ2n) is 26.7. The van der Waals surface area contributed by atoms with Crippen LogP contribution < -0.4 is 81.0 Å². The highest BCUT2D eigenvalue weighted by atomic mass is 32.2. The molecule has 13 amide bonds. The summed E-state index contributed by atoms with van der Waals surface area (Å²) < 4.78 is 16.7. The molecule has 1 aliphatic heterocycles. The molecule has 46 nitrogen and oxygen atoms in total. The predicted octanol–water partition coefficient (Wildman–Crippen LogP) is -8.67. The zero-order chi connectivity index (χ0) is 85.9. The molecule has 4 aromatic rings. The highest BCUT2D eigenvalue weighted by Gasteiger charge is 2.41. The van der Waals surface area contributed by atoms with Gasteiger partial charge in [0.05, 0.1) is 69.4 Å². The molecule has 0 spiro atoms. The first kappa shape index (κ1) is 94.7. The summed E-state index contributed by atoms with van der Waals surface area (Å²) in [5.74, 6) is -18.5. The third kappa shape index (κ3) is 32.5. The van der Waals surface area contributed by atoms with Crippen molar-refractivity contribution in [3.63, 3.8) is 0 Å². The molecule has 2 aromatic heterocycles. The zero-order valence-corrected chi connectivity index (χ0v) is 64.8. The molecule has 1 saturated heterocycles. The van der Waals surface area contributed by atoms with Crippen LogP contribution in [0.15, 0.2) is 78.6 Å². The number of benzene rings is 2. The van der Waals surface area contributed by atoms with Gasteiger partial charge in [0, 0.05) is 44.7 Å². The summed E-state index contributed by atoms with van der Waals surface area (Å²) in [6.45, 7) is -2.56. The lowest BCUT2D eigenvalue weighted by Gasteiger charge is -2.29. The molecular formula is C68H98N21O25PS. The van der Waals surface area contributed by atoms with Gasteiger partial charge in [-0.15, -0.1) is 0 Å². The molecule has 12 atom stereocenters. The van der Waals surface area contributed by atoms with Gasteiger partial charge in [-0.3, -0.25) is 76.6 Å². The van der Waals surface area contributed by atoms with Gasteiger partial charge in [0.1, 0.15) is 78.0 Å². The number of aromatic nitrogens is 4. The molecular weight excluding hydrogens is 1570 g/mol. The molecule has 0 bridgehead atoms. The number of phenolic OH excluding ortho intramolecular Hbond substituents is 2. The number of phosphoric acid groups is 1. The summed E-state index contributed by atoms with van der Waals surface area (Å²) in [5.41, 5.74) is 18.2. The fourth-order valence-electron chi connectivity index (χ4n) is 11.3. The van der Waals surface area contributed by atoms with E-state index >= 15 is 0 Å². The van der Waals surface area contributed by atoms with Crippen molar-refractivity contribution in [2.24, 2.45) is 28.1 Å². The van der Waals surface area contributed by atoms with Crippen LogP contribution >= 0.6 is 19.6 Å². The third-order valence-electron chi connectivity index (χ3n) is 17.4. The van der Waals surface area contributed by atoms with E-state index in [9.17, 15) is 117 Å². The molecule has 5 rings (SSSR count). The summed E-state index contributed by atoms with van der Waals surface area (Å²) in [4.78, 5) is 242. The second-order valence-corrected chi connectivity index (χ2v) is 28.9. The number of aliphatic imine (C=N–C) groups is 1. The number of phenols is 2. The normalized spacial score (nSPS) is 15.4. The van der Waals surface area contributed by atoms with Gasteiger partial charge in [-0.2, -0.15) is 11.8 Å². The van der Waals surface area contributed by atoms with Crippen LogP contribution in [-0.4, -0.2) is 290 Å². The van der Waals surface area contributed by atoms with E-state index < -0.39 is 221 Å². The van der Waals surface area contributed by atoms with Crippen molar-refractivity contribution in [3.05, 3.63) is 96.1 Å². The Bertz CT molecular complexity index is 4100. The Labute approximate surface area is 666 Å². The molecule has 636 valence electrons. The highest BCUT2D eigenvalue weighted by molar-refractivity contribution is 7.98. The number of aliphatic carboxylic acids is 2. The van der Waals surface area contributed by atoms with E-state index in [2.05, 4.69) is 93.3 Å². The molecule has 116 heavy (non-hydrogen) atoms. The van der Waals surface area contributed by atoms with Gasteiger partial charge in [-0.05, 0) is 91.8 Å². The van der Waals surface area contributed by atoms with Gasteiger partial charge < -0.3 is 136 Å². The number of rotatable bonds is 49. The second kappa shape index (κ2) is 47.1. The largest absolute Gasteiger partial charge is 0.508 e. The molecule has 28 N–H and O–H groups in total. The van der Waals surface area contributed by atoms with E-state index in [1.807, 2.05) is 0 Å². The Morgan fingerprint density at radius 2 is 1.05 bits per heavy atom. The van der Waals surface area contributed by atoms with Gasteiger partial charge in [0.15, 0.2) is 5.96 Å². The summed E-state index contributed by atoms with van der Waals surface area (Å²) >= 11 is 1.14. The average molecular weight is 1670 g/mol. The Hall–Kier alpha value is -11.9. The maximum atomic E-state index is 14.3. The van der Waals surface area contributed by atoms with Gasteiger partial charge in [0.2, 0.25) is 76.8 Å². The number of amides is 13. The lowest BCUT2D eigenvalue weighted by atomic mass is 10.0. The Morgan fingerprint density at radius 3 is 1.57 bits per heavy atom. The number of carbonyl (C=O) groups excluding carboxylic acids is 13. The fourth-order valence-corrected chi connectivity index (χ4v) is 12.2. The van der Waals surface area contributed by atoms with Crippen molar-refractivity contribution in [1.82, 2.24) is 88.6 Å². The van der Waals surface area contributed by atoms with E-state index in [4.69, 9.17) is 17.2 Å². The first-order chi connectivity index (χ1) is 54.9. The SMILES string of the molecule is CSCC[C@H](NC(=O)[C@H](COP(=O)(O)O)NC(=O)[C@H](Cc1c[nH]cn1)NC(=O)CNC(=O)[C@H](Cc1c[nH]cn1)NC(=O)[C@@H](N)Cc1ccc(O)cc1)C(=O)N[C@@H](CO)C(=O)N[C@@H](CC(=O)O)C(=O)N1CCC[C@H]1C(=O)NCC(=O)N[C@H](C(=O)N[C@@H](CO)C(=O)N[C@@H](Cc1ccc(O)cc1)C(=O)N[C@@H](CCCN=C(N)N)C(=O)O)C(C)C. The molecule has 48 heteroatoms. The highest BCUT2D eigenvalue weighted by Crippen LogP contribution is 2.35. The summed E-state index contributed by atoms with van der Waals surface area (Å²) in [7, 11) is -5.47. The minimum atomic E-state index is -5.47. The number of carboxylic acids is 2. The number of hydrogen-bond acceptors (Lipinski definition) is 26. The minimum Gasteiger partial charge on any atom is -0.508 e. The number of hydrogen-bond donors (Lipinski definition) is 25. The van der Waals surface area contributed by atoms with Gasteiger partial charge >= 0.3 is 19.8 Å². The zero-order valence-electron chi connectivity index (χ0n) is 63.1. The van der Waals surface area contributed by atoms with Crippen molar-refractivity contribution < 1.29 is 121 Å². The van der Waals surface area contributed by atoms with Crippen molar-refractivity contribution in [3.8, 4) is 11.5 Å². The minimum absolute atomic E-state index is 0.00324. The van der Waals surface area contributed by atoms with Crippen LogP contribution in [0.5, 0.6) is 11.5 Å². The quantitative estimate of drug-likeness (QED) is 0.00845. The number of H-pyrrole nitrogens is 2. The number of guanidine groups is 1. The predicted molar refractivity (Wildman–Crippen MR) is 406 cm³/mol. The Morgan fingerprint density at radius 1 is 0.586 bits per heavy atom. The van der Waals surface area contributed by atoms with Crippen molar-refractivity contribution in [2.45, 2.75) is 151 Å². The van der Waals surface area contributed by atoms with Crippen LogP contribution in [0.4, 0.5) is 0 Å². The number of nitrogens with two attached hydrogens (primary N) is 3. The maximum Gasteiger partial charge on any atom is 0.469 e. The van der Waals surface area contributed by atoms with E-state index in [-0.39, 0.29) is 93.4 Å². The monoisotopic (exact) mass is 1670 g/mol. The summed E-state index contributed by atoms with van der Waals surface area (Å²) in [6.07, 6.45) is 4.51. The number of thioether (sulfide) groups is 1. The van der Waals surface area contributed by atoms with Crippen LogP contribution in [0.2, 0.25) is 0 Å². The lowest BCUT2D eigenvalue weighted by molar-refractivity contribution is -0.146. The maximum absolute atomic E-state index is 14.3. The topological polar surface area (TPSA) is 740 Å². The van der Waals surface area contributed by atoms with Crippen molar-refractivity contribution in [2.75, 3.05) is 58.0 Å². The number of phosphoric ester groups is 1. The van der Waals surface area contributed by atoms with E-state index in [1.54, 1.807) is 18.4 Å². The van der Waals surface area contributed by atoms with Crippen molar-refractivity contribution >= 4 is 114 Å². The number of nitrogens with one attached hydrogen (secondary N) is 14. The van der Waals surface area contributed by atoms with E-state index in [0.29, 0.717) is 16.8 Å². The van der Waals surface area contributed by atoms with Gasteiger partial charge in [0.25, 0.3) is 0 Å². The fraction of sp³-hybridized carbons (Fsp3) is 0.500. The number of carboxylic acid groups (broad SMARTS) is 2. The Kier molecular flexibility index (Phi) is 38.4. The molecule has 3 heterocycles. The number of aromatic hydroxyl groups is 2. The number of likely N-dealkylation sites (tertiary alicyclic amines) is 1. The number of aliphatic hydroxyl groups is 2. The van der Waals surface area contributed by atoms with Crippen LogP contribution in [0.3, 0.4) is 0 Å². The van der Waals surface area contributed by atoms with E-state index in [0.717, 1.165) is 16.7 Å². The van der Waals surface area contributed by atoms with Crippen LogP contribution in [0, 0.1) is 5.92 Å². The smallest absolute Gasteiger partial charge is 0.469 e. The standard InChI is InChI=1S/C68H98N21O25PS/c1-34(2)55(65(107)86-49(30-91)61(103)83-44(21-36-10-14-40(93)15-11-36)59(101)81-43(67(109)110)6-4-17-74-68(70)71)88-53(95)28-76-64(106)51-7-5-18-89(51)66(108)47(24-54(96)97)84-62(104)48(29-90)85-58(100)42(16-19-116-3)80-63(105)50(31-114-115(111,112)113)87-60(102)46(23-38-26-73-33-78-38)79-52(94)27-75-57(99)45(22-37-25-72-32-77-37)82-56(98)41(69)20-35-8-12-39(92)13-9-35/h8-15,25-26,32-34,41-51,55,90-93H,4-7,16-24,27-31,69H2,1-3H3,(H,72,77)(H,73,78)(H,75,99)(H,76,106)(H,79,94)(H,80,105)(H,81,101)(H,82,98)(H,83,103)(H,84,104)(H,85,100)(H,86,107)(H,87,102)(H,88,95)(H,96,97)(H,109,110)(H4,70,71,74)(H2,111,112,113)/t41-,42-,43-,44-,45-,46-,47-,48-,49-,50-,51-,55-/m0/s1. The molecule has 1 aliphatic rings. The van der Waals surface area contributed by atoms with Crippen molar-refractivity contribution in [1.29, 1.82) is 0 Å². The van der Waals surface area contributed by atoms with Crippen LogP contribution in [-0.2, 0) is 107 Å². The summed E-state index contributed by atoms with van der Waals surface area (Å²) in [6, 6.07) is -8.69. The lowest BCUT2D eigenvalue weighted by Crippen LogP contribution is -2.61. The number of nitrogens with zero attached hydrogens (tertiary/aromatic N) is 4. The van der Waals surface area contributed by atoms with E-state index in [1.165, 1.54) is 75.3 Å². The Balaban J connectivity index is 1.22. The average Bonchev–Trinajstić information content (AvgIpc) is 1.63. The molecule has 0 aliphatic carbocycles. The number of aromatic amines is 2. The van der Waals surface area contributed by atoms with Crippen LogP contribution in [0.1, 0.15) is 74.9 Å². The number of imidazole rings is 2. The van der Waals surface area contributed by atoms with Gasteiger partial charge in [-0.1, -0.05) is 38.1 Å². The number of carbonyl (C=O) groups is 15. The van der Waals surface area contributed by atoms with Crippen LogP contribution in [0.25, 0.3) is 0 Å². The third-order valence-corrected chi connectivity index (χ3v) is 18.5.